The maximum atomic E-state index is 14.3. The topological polar surface area (TPSA) is 105 Å². The lowest BCUT2D eigenvalue weighted by atomic mass is 10.0. The molecule has 4 rings (SSSR count). The lowest BCUT2D eigenvalue weighted by Crippen LogP contribution is -2.53. The minimum absolute atomic E-state index is 0.143. The van der Waals surface area contributed by atoms with Gasteiger partial charge in [0.2, 0.25) is 21.8 Å². The van der Waals surface area contributed by atoms with E-state index in [1.807, 2.05) is 68.4 Å². The molecule has 0 aromatic heterocycles. The van der Waals surface area contributed by atoms with Crippen molar-refractivity contribution in [3.8, 4) is 11.5 Å². The summed E-state index contributed by atoms with van der Waals surface area (Å²) in [6, 6.07) is 21.1. The standard InChI is InChI=1S/C32H39N3O6S/c1-4-17-33-32(37)28(20-25-12-7-6-8-13-25)34(22-26-14-10-9-11-24(26)3)31(36)23-35(42(38,39)5-2)27-15-16-29-30(21-27)41-19-18-40-29/h6-16,21,28H,4-5,17-20,22-23H2,1-3H3,(H,33,37)/t28-/m1/s1. The number of sulfonamides is 1. The van der Waals surface area contributed by atoms with Crippen LogP contribution in [0.25, 0.3) is 0 Å². The Kier molecular flexibility index (Phi) is 10.5. The number of nitrogens with zero attached hydrogens (tertiary/aromatic N) is 2. The van der Waals surface area contributed by atoms with Crippen molar-refractivity contribution >= 4 is 27.5 Å². The molecule has 1 heterocycles. The van der Waals surface area contributed by atoms with E-state index in [2.05, 4.69) is 5.32 Å². The Morgan fingerprint density at radius 3 is 2.31 bits per heavy atom. The van der Waals surface area contributed by atoms with Gasteiger partial charge in [0.05, 0.1) is 11.4 Å². The molecule has 0 unspecified atom stereocenters. The molecule has 224 valence electrons. The van der Waals surface area contributed by atoms with E-state index in [4.69, 9.17) is 9.47 Å². The summed E-state index contributed by atoms with van der Waals surface area (Å²) in [6.45, 7) is 6.31. The van der Waals surface area contributed by atoms with Crippen LogP contribution in [0.15, 0.2) is 72.8 Å². The summed E-state index contributed by atoms with van der Waals surface area (Å²) in [5.41, 5.74) is 3.02. The predicted molar refractivity (Wildman–Crippen MR) is 163 cm³/mol. The Labute approximate surface area is 248 Å². The molecular formula is C32H39N3O6S. The summed E-state index contributed by atoms with van der Waals surface area (Å²) in [4.78, 5) is 29.4. The zero-order valence-corrected chi connectivity index (χ0v) is 25.2. The second-order valence-electron chi connectivity index (χ2n) is 10.2. The molecule has 42 heavy (non-hydrogen) atoms. The van der Waals surface area contributed by atoms with Crippen molar-refractivity contribution in [2.24, 2.45) is 0 Å². The number of hydrogen-bond acceptors (Lipinski definition) is 6. The summed E-state index contributed by atoms with van der Waals surface area (Å²) in [5, 5.41) is 2.95. The van der Waals surface area contributed by atoms with Gasteiger partial charge in [-0.25, -0.2) is 8.42 Å². The van der Waals surface area contributed by atoms with Gasteiger partial charge in [-0.2, -0.15) is 0 Å². The third-order valence-corrected chi connectivity index (χ3v) is 8.96. The highest BCUT2D eigenvalue weighted by Gasteiger charge is 2.34. The quantitative estimate of drug-likeness (QED) is 0.320. The Hall–Kier alpha value is -4.05. The summed E-state index contributed by atoms with van der Waals surface area (Å²) in [6.07, 6.45) is 1.01. The van der Waals surface area contributed by atoms with E-state index < -0.39 is 28.5 Å². The van der Waals surface area contributed by atoms with Crippen LogP contribution in [0.2, 0.25) is 0 Å². The zero-order chi connectivity index (χ0) is 30.1. The summed E-state index contributed by atoms with van der Waals surface area (Å²) < 4.78 is 39.1. The largest absolute Gasteiger partial charge is 0.486 e. The molecule has 1 aliphatic heterocycles. The van der Waals surface area contributed by atoms with E-state index in [1.165, 1.54) is 11.8 Å². The Bertz CT molecular complexity index is 1480. The van der Waals surface area contributed by atoms with Crippen LogP contribution in [0.5, 0.6) is 11.5 Å². The van der Waals surface area contributed by atoms with Gasteiger partial charge in [-0.1, -0.05) is 61.5 Å². The zero-order valence-electron chi connectivity index (χ0n) is 24.4. The first kappa shape index (κ1) is 30.9. The first-order valence-corrected chi connectivity index (χ1v) is 15.9. The van der Waals surface area contributed by atoms with Gasteiger partial charge in [0.15, 0.2) is 11.5 Å². The number of aryl methyl sites for hydroxylation is 1. The third-order valence-electron chi connectivity index (χ3n) is 7.22. The molecule has 10 heteroatoms. The fraction of sp³-hybridized carbons (Fsp3) is 0.375. The molecule has 2 amide bonds. The smallest absolute Gasteiger partial charge is 0.244 e. The first-order valence-electron chi connectivity index (χ1n) is 14.3. The van der Waals surface area contributed by atoms with Crippen molar-refractivity contribution in [3.63, 3.8) is 0 Å². The van der Waals surface area contributed by atoms with E-state index >= 15 is 0 Å². The van der Waals surface area contributed by atoms with Crippen LogP contribution < -0.4 is 19.1 Å². The molecule has 9 nitrogen and oxygen atoms in total. The molecule has 0 saturated heterocycles. The molecule has 0 spiro atoms. The molecule has 1 N–H and O–H groups in total. The summed E-state index contributed by atoms with van der Waals surface area (Å²) in [5.74, 6) is -0.0524. The van der Waals surface area contributed by atoms with Gasteiger partial charge in [-0.15, -0.1) is 0 Å². The van der Waals surface area contributed by atoms with Gasteiger partial charge < -0.3 is 19.7 Å². The minimum Gasteiger partial charge on any atom is -0.486 e. The van der Waals surface area contributed by atoms with Crippen LogP contribution in [0.1, 0.15) is 37.0 Å². The highest BCUT2D eigenvalue weighted by atomic mass is 32.2. The highest BCUT2D eigenvalue weighted by molar-refractivity contribution is 7.92. The maximum absolute atomic E-state index is 14.3. The SMILES string of the molecule is CCCNC(=O)[C@@H](Cc1ccccc1)N(Cc1ccccc1C)C(=O)CN(c1ccc2c(c1)OCCO2)S(=O)(=O)CC. The van der Waals surface area contributed by atoms with Crippen LogP contribution >= 0.6 is 0 Å². The number of nitrogens with one attached hydrogen (secondary N) is 1. The van der Waals surface area contributed by atoms with E-state index in [9.17, 15) is 18.0 Å². The normalized spacial score (nSPS) is 13.2. The monoisotopic (exact) mass is 593 g/mol. The number of anilines is 1. The van der Waals surface area contributed by atoms with Crippen LogP contribution in [-0.2, 0) is 32.6 Å². The molecule has 0 saturated carbocycles. The van der Waals surface area contributed by atoms with Gasteiger partial charge in [-0.3, -0.25) is 13.9 Å². The van der Waals surface area contributed by atoms with E-state index in [1.54, 1.807) is 18.2 Å². The van der Waals surface area contributed by atoms with E-state index in [0.29, 0.717) is 36.9 Å². The van der Waals surface area contributed by atoms with Gasteiger partial charge in [0.1, 0.15) is 25.8 Å². The molecule has 0 radical (unpaired) electrons. The lowest BCUT2D eigenvalue weighted by molar-refractivity contribution is -0.140. The van der Waals surface area contributed by atoms with Crippen molar-refractivity contribution in [2.75, 3.05) is 36.4 Å². The number of benzene rings is 3. The van der Waals surface area contributed by atoms with Crippen molar-refractivity contribution < 1.29 is 27.5 Å². The van der Waals surface area contributed by atoms with Crippen molar-refractivity contribution in [3.05, 3.63) is 89.5 Å². The fourth-order valence-electron chi connectivity index (χ4n) is 4.80. The van der Waals surface area contributed by atoms with Gasteiger partial charge in [0, 0.05) is 25.6 Å². The Morgan fingerprint density at radius 1 is 0.929 bits per heavy atom. The van der Waals surface area contributed by atoms with E-state index in [-0.39, 0.29) is 24.6 Å². The van der Waals surface area contributed by atoms with Crippen molar-refractivity contribution in [1.29, 1.82) is 0 Å². The molecule has 0 fully saturated rings. The molecule has 0 aliphatic carbocycles. The average Bonchev–Trinajstić information content (AvgIpc) is 3.01. The fourth-order valence-corrected chi connectivity index (χ4v) is 5.85. The van der Waals surface area contributed by atoms with E-state index in [0.717, 1.165) is 27.4 Å². The second kappa shape index (κ2) is 14.2. The number of ether oxygens (including phenoxy) is 2. The predicted octanol–water partition coefficient (Wildman–Crippen LogP) is 4.09. The first-order chi connectivity index (χ1) is 20.2. The maximum Gasteiger partial charge on any atom is 0.244 e. The lowest BCUT2D eigenvalue weighted by Gasteiger charge is -2.34. The number of carbonyl (C=O) groups is 2. The average molecular weight is 594 g/mol. The second-order valence-corrected chi connectivity index (χ2v) is 12.4. The summed E-state index contributed by atoms with van der Waals surface area (Å²) in [7, 11) is -3.88. The number of hydrogen-bond donors (Lipinski definition) is 1. The van der Waals surface area contributed by atoms with Crippen LogP contribution in [0, 0.1) is 6.92 Å². The van der Waals surface area contributed by atoms with Gasteiger partial charge >= 0.3 is 0 Å². The number of carbonyl (C=O) groups excluding carboxylic acids is 2. The third kappa shape index (κ3) is 7.61. The molecule has 1 atom stereocenters. The highest BCUT2D eigenvalue weighted by Crippen LogP contribution is 2.35. The number of rotatable bonds is 13. The van der Waals surface area contributed by atoms with Crippen molar-refractivity contribution in [2.45, 2.75) is 46.2 Å². The molecule has 3 aromatic rings. The van der Waals surface area contributed by atoms with Crippen LogP contribution in [-0.4, -0.2) is 63.2 Å². The molecular weight excluding hydrogens is 554 g/mol. The van der Waals surface area contributed by atoms with Crippen LogP contribution in [0.4, 0.5) is 5.69 Å². The summed E-state index contributed by atoms with van der Waals surface area (Å²) >= 11 is 0. The molecule has 0 bridgehead atoms. The number of amides is 2. The Morgan fingerprint density at radius 2 is 1.62 bits per heavy atom. The van der Waals surface area contributed by atoms with Crippen LogP contribution in [0.3, 0.4) is 0 Å². The number of fused-ring (bicyclic) bond motifs is 1. The molecule has 3 aromatic carbocycles. The Balaban J connectivity index is 1.75. The van der Waals surface area contributed by atoms with Gasteiger partial charge in [0.25, 0.3) is 0 Å². The van der Waals surface area contributed by atoms with Gasteiger partial charge in [-0.05, 0) is 49.1 Å². The minimum atomic E-state index is -3.88. The molecule has 1 aliphatic rings. The van der Waals surface area contributed by atoms with Crippen molar-refractivity contribution in [1.82, 2.24) is 10.2 Å².